The Morgan fingerprint density at radius 3 is 2.63 bits per heavy atom. The predicted octanol–water partition coefficient (Wildman–Crippen LogP) is 2.54. The maximum absolute atomic E-state index is 5.40. The van der Waals surface area contributed by atoms with Crippen LogP contribution in [0.5, 0.6) is 5.75 Å². The molecule has 5 nitrogen and oxygen atoms in total. The van der Waals surface area contributed by atoms with E-state index in [2.05, 4.69) is 47.4 Å². The zero-order valence-electron chi connectivity index (χ0n) is 11.1. The van der Waals surface area contributed by atoms with Gasteiger partial charge in [0, 0.05) is 4.90 Å². The Balaban J connectivity index is 2.35. The average Bonchev–Trinajstić information content (AvgIpc) is 2.42. The second kappa shape index (κ2) is 5.90. The smallest absolute Gasteiger partial charge is 0.195 e. The van der Waals surface area contributed by atoms with Gasteiger partial charge in [0.15, 0.2) is 11.6 Å². The lowest BCUT2D eigenvalue weighted by atomic mass is 10.1. The minimum absolute atomic E-state index is 0.476. The van der Waals surface area contributed by atoms with E-state index in [1.165, 1.54) is 29.2 Å². The number of aromatic nitrogens is 2. The van der Waals surface area contributed by atoms with E-state index in [4.69, 9.17) is 10.6 Å². The summed E-state index contributed by atoms with van der Waals surface area (Å²) in [6, 6.07) is 6.27. The fraction of sp³-hybridized carbons (Fsp3) is 0.231. The van der Waals surface area contributed by atoms with Gasteiger partial charge >= 0.3 is 0 Å². The average molecular weight is 276 g/mol. The first kappa shape index (κ1) is 13.6. The van der Waals surface area contributed by atoms with Crippen LogP contribution in [0.4, 0.5) is 5.82 Å². The van der Waals surface area contributed by atoms with Gasteiger partial charge in [-0.05, 0) is 37.1 Å². The number of nitrogens with one attached hydrogen (secondary N) is 1. The van der Waals surface area contributed by atoms with Gasteiger partial charge in [-0.1, -0.05) is 17.8 Å². The maximum atomic E-state index is 5.40. The second-order valence-electron chi connectivity index (χ2n) is 4.05. The summed E-state index contributed by atoms with van der Waals surface area (Å²) in [5.41, 5.74) is 5.02. The molecule has 0 radical (unpaired) electrons. The molecule has 0 atom stereocenters. The third-order valence-electron chi connectivity index (χ3n) is 2.80. The molecular formula is C13H16N4OS. The van der Waals surface area contributed by atoms with Gasteiger partial charge < -0.3 is 10.2 Å². The van der Waals surface area contributed by atoms with Crippen molar-refractivity contribution >= 4 is 17.6 Å². The van der Waals surface area contributed by atoms with Crippen LogP contribution in [0.3, 0.4) is 0 Å². The van der Waals surface area contributed by atoms with Crippen molar-refractivity contribution in [1.29, 1.82) is 0 Å². The van der Waals surface area contributed by atoms with Crippen LogP contribution in [0.15, 0.2) is 34.4 Å². The van der Waals surface area contributed by atoms with Crippen LogP contribution < -0.4 is 16.0 Å². The SMILES string of the molecule is COc1c(NN)ncnc1Sc1ccc(C)c(C)c1. The number of benzene rings is 1. The van der Waals surface area contributed by atoms with E-state index in [9.17, 15) is 0 Å². The molecule has 0 bridgehead atoms. The van der Waals surface area contributed by atoms with Crippen LogP contribution in [-0.4, -0.2) is 17.1 Å². The highest BCUT2D eigenvalue weighted by Crippen LogP contribution is 2.36. The Morgan fingerprint density at radius 1 is 1.21 bits per heavy atom. The summed E-state index contributed by atoms with van der Waals surface area (Å²) >= 11 is 1.52. The van der Waals surface area contributed by atoms with Crippen LogP contribution in [0, 0.1) is 13.8 Å². The summed E-state index contributed by atoms with van der Waals surface area (Å²) in [6.45, 7) is 4.18. The summed E-state index contributed by atoms with van der Waals surface area (Å²) in [4.78, 5) is 9.35. The Bertz CT molecular complexity index is 589. The third kappa shape index (κ3) is 2.97. The molecule has 19 heavy (non-hydrogen) atoms. The van der Waals surface area contributed by atoms with Gasteiger partial charge in [-0.3, -0.25) is 0 Å². The molecule has 2 aromatic rings. The molecular weight excluding hydrogens is 260 g/mol. The fourth-order valence-corrected chi connectivity index (χ4v) is 2.57. The zero-order valence-corrected chi connectivity index (χ0v) is 11.9. The molecule has 3 N–H and O–H groups in total. The Kier molecular flexibility index (Phi) is 4.24. The molecule has 0 fully saturated rings. The van der Waals surface area contributed by atoms with Crippen molar-refractivity contribution in [2.45, 2.75) is 23.8 Å². The molecule has 0 saturated heterocycles. The summed E-state index contributed by atoms with van der Waals surface area (Å²) in [5, 5.41) is 0.730. The van der Waals surface area contributed by atoms with Crippen molar-refractivity contribution in [3.63, 3.8) is 0 Å². The van der Waals surface area contributed by atoms with E-state index >= 15 is 0 Å². The first-order chi connectivity index (χ1) is 9.15. The molecule has 0 aliphatic heterocycles. The van der Waals surface area contributed by atoms with Crippen molar-refractivity contribution in [1.82, 2.24) is 9.97 Å². The number of methoxy groups -OCH3 is 1. The van der Waals surface area contributed by atoms with Gasteiger partial charge in [0.2, 0.25) is 0 Å². The summed E-state index contributed by atoms with van der Waals surface area (Å²) < 4.78 is 5.31. The lowest BCUT2D eigenvalue weighted by Crippen LogP contribution is -2.10. The van der Waals surface area contributed by atoms with Gasteiger partial charge in [0.1, 0.15) is 11.4 Å². The standard InChI is InChI=1S/C13H16N4OS/c1-8-4-5-10(6-9(8)2)19-13-11(18-3)12(17-14)15-7-16-13/h4-7H,14H2,1-3H3,(H,15,16,17). The summed E-state index contributed by atoms with van der Waals surface area (Å²) in [5.74, 6) is 6.43. The number of nitrogens with two attached hydrogens (primary N) is 1. The molecule has 1 aromatic carbocycles. The molecule has 6 heteroatoms. The molecule has 0 spiro atoms. The Morgan fingerprint density at radius 2 is 2.00 bits per heavy atom. The van der Waals surface area contributed by atoms with E-state index < -0.39 is 0 Å². The third-order valence-corrected chi connectivity index (χ3v) is 3.78. The molecule has 0 saturated carbocycles. The number of nitrogen functional groups attached to an aromatic ring is 1. The largest absolute Gasteiger partial charge is 0.490 e. The fourth-order valence-electron chi connectivity index (χ4n) is 1.61. The van der Waals surface area contributed by atoms with Gasteiger partial charge in [0.05, 0.1) is 7.11 Å². The number of aryl methyl sites for hydroxylation is 2. The zero-order chi connectivity index (χ0) is 13.8. The Hall–Kier alpha value is -1.79. The first-order valence-corrected chi connectivity index (χ1v) is 6.58. The lowest BCUT2D eigenvalue weighted by molar-refractivity contribution is 0.400. The number of nitrogens with zero attached hydrogens (tertiary/aromatic N) is 2. The number of hydrogen-bond donors (Lipinski definition) is 2. The quantitative estimate of drug-likeness (QED) is 0.508. The summed E-state index contributed by atoms with van der Waals surface area (Å²) in [6.07, 6.45) is 1.46. The molecule has 2 rings (SSSR count). The van der Waals surface area contributed by atoms with Crippen molar-refractivity contribution < 1.29 is 4.74 Å². The minimum atomic E-state index is 0.476. The molecule has 0 unspecified atom stereocenters. The number of rotatable bonds is 4. The van der Waals surface area contributed by atoms with E-state index in [1.54, 1.807) is 7.11 Å². The van der Waals surface area contributed by atoms with Crippen LogP contribution in [0.1, 0.15) is 11.1 Å². The highest BCUT2D eigenvalue weighted by Gasteiger charge is 2.12. The van der Waals surface area contributed by atoms with Gasteiger partial charge in [-0.25, -0.2) is 15.8 Å². The maximum Gasteiger partial charge on any atom is 0.195 e. The van der Waals surface area contributed by atoms with Gasteiger partial charge in [0.25, 0.3) is 0 Å². The number of hydrazine groups is 1. The van der Waals surface area contributed by atoms with Crippen molar-refractivity contribution in [3.8, 4) is 5.75 Å². The normalized spacial score (nSPS) is 10.3. The molecule has 1 aromatic heterocycles. The van der Waals surface area contributed by atoms with Gasteiger partial charge in [-0.2, -0.15) is 0 Å². The van der Waals surface area contributed by atoms with E-state index in [0.717, 1.165) is 9.92 Å². The highest BCUT2D eigenvalue weighted by molar-refractivity contribution is 7.99. The van der Waals surface area contributed by atoms with Crippen LogP contribution in [-0.2, 0) is 0 Å². The molecule has 100 valence electrons. The number of hydrogen-bond acceptors (Lipinski definition) is 6. The monoisotopic (exact) mass is 276 g/mol. The topological polar surface area (TPSA) is 73.1 Å². The second-order valence-corrected chi connectivity index (χ2v) is 5.12. The van der Waals surface area contributed by atoms with Gasteiger partial charge in [-0.15, -0.1) is 0 Å². The molecule has 1 heterocycles. The van der Waals surface area contributed by atoms with E-state index in [0.29, 0.717) is 11.6 Å². The number of anilines is 1. The summed E-state index contributed by atoms with van der Waals surface area (Å²) in [7, 11) is 1.57. The molecule has 0 aliphatic carbocycles. The van der Waals surface area contributed by atoms with Crippen molar-refractivity contribution in [2.75, 3.05) is 12.5 Å². The van der Waals surface area contributed by atoms with Crippen LogP contribution in [0.2, 0.25) is 0 Å². The highest BCUT2D eigenvalue weighted by atomic mass is 32.2. The molecule has 0 aliphatic rings. The van der Waals surface area contributed by atoms with Crippen molar-refractivity contribution in [2.24, 2.45) is 5.84 Å². The van der Waals surface area contributed by atoms with Crippen LogP contribution in [0.25, 0.3) is 0 Å². The van der Waals surface area contributed by atoms with E-state index in [-0.39, 0.29) is 0 Å². The predicted molar refractivity (Wildman–Crippen MR) is 76.4 cm³/mol. The van der Waals surface area contributed by atoms with E-state index in [1.807, 2.05) is 0 Å². The Labute approximate surface area is 116 Å². The number of ether oxygens (including phenoxy) is 1. The van der Waals surface area contributed by atoms with Crippen molar-refractivity contribution in [3.05, 3.63) is 35.7 Å². The minimum Gasteiger partial charge on any atom is -0.490 e. The molecule has 0 amide bonds. The first-order valence-electron chi connectivity index (χ1n) is 5.76. The lowest BCUT2D eigenvalue weighted by Gasteiger charge is -2.11. The van der Waals surface area contributed by atoms with Crippen LogP contribution >= 0.6 is 11.8 Å².